The van der Waals surface area contributed by atoms with Gasteiger partial charge >= 0.3 is 0 Å². The summed E-state index contributed by atoms with van der Waals surface area (Å²) < 4.78 is 4.38. The molecule has 9 heavy (non-hydrogen) atoms. The molecule has 1 rings (SSSR count). The van der Waals surface area contributed by atoms with Crippen molar-refractivity contribution in [2.24, 2.45) is 0 Å². The van der Waals surface area contributed by atoms with Crippen molar-refractivity contribution < 1.29 is 9.63 Å². The molecule has 49 valence electrons. The highest BCUT2D eigenvalue weighted by Crippen LogP contribution is 2.14. The SMILES string of the molecule is CC(C)([O])c1ncon1. The van der Waals surface area contributed by atoms with Gasteiger partial charge in [0.1, 0.15) is 0 Å². The molecule has 0 aromatic carbocycles. The second kappa shape index (κ2) is 1.80. The van der Waals surface area contributed by atoms with Gasteiger partial charge in [0.2, 0.25) is 12.2 Å². The van der Waals surface area contributed by atoms with Gasteiger partial charge in [0, 0.05) is 0 Å². The van der Waals surface area contributed by atoms with Crippen molar-refractivity contribution in [2.75, 3.05) is 0 Å². The molecular formula is C5H7N2O2. The van der Waals surface area contributed by atoms with Crippen LogP contribution in [0.2, 0.25) is 0 Å². The predicted octanol–water partition coefficient (Wildman–Crippen LogP) is 0.735. The zero-order valence-electron chi connectivity index (χ0n) is 5.29. The van der Waals surface area contributed by atoms with Crippen molar-refractivity contribution in [1.82, 2.24) is 10.1 Å². The largest absolute Gasteiger partial charge is 0.343 e. The zero-order valence-corrected chi connectivity index (χ0v) is 5.29. The first kappa shape index (κ1) is 6.22. The first-order chi connectivity index (χ1) is 4.11. The Labute approximate surface area is 52.5 Å². The van der Waals surface area contributed by atoms with E-state index >= 15 is 0 Å². The lowest BCUT2D eigenvalue weighted by Gasteiger charge is -2.05. The lowest BCUT2D eigenvalue weighted by molar-refractivity contribution is -0.00965. The van der Waals surface area contributed by atoms with Gasteiger partial charge in [-0.1, -0.05) is 5.16 Å². The van der Waals surface area contributed by atoms with E-state index in [2.05, 4.69) is 14.7 Å². The average Bonchev–Trinajstić information content (AvgIpc) is 2.08. The van der Waals surface area contributed by atoms with E-state index in [9.17, 15) is 5.11 Å². The molecule has 0 aliphatic rings. The van der Waals surface area contributed by atoms with Crippen LogP contribution in [0.3, 0.4) is 0 Å². The molecule has 0 atom stereocenters. The molecule has 4 nitrogen and oxygen atoms in total. The van der Waals surface area contributed by atoms with Gasteiger partial charge in [0.15, 0.2) is 5.60 Å². The normalized spacial score (nSPS) is 11.9. The van der Waals surface area contributed by atoms with Crippen LogP contribution in [0.5, 0.6) is 0 Å². The molecular weight excluding hydrogens is 120 g/mol. The van der Waals surface area contributed by atoms with E-state index in [1.165, 1.54) is 13.8 Å². The summed E-state index contributed by atoms with van der Waals surface area (Å²) in [5.74, 6) is 0.197. The summed E-state index contributed by atoms with van der Waals surface area (Å²) in [7, 11) is 0. The third kappa shape index (κ3) is 1.26. The van der Waals surface area contributed by atoms with Crippen LogP contribution < -0.4 is 0 Å². The average molecular weight is 127 g/mol. The highest BCUT2D eigenvalue weighted by Gasteiger charge is 2.23. The Bertz CT molecular complexity index is 175. The highest BCUT2D eigenvalue weighted by atomic mass is 16.5. The second-order valence-electron chi connectivity index (χ2n) is 2.27. The molecule has 0 amide bonds. The van der Waals surface area contributed by atoms with Crippen LogP contribution in [0.25, 0.3) is 0 Å². The van der Waals surface area contributed by atoms with E-state index in [1.54, 1.807) is 0 Å². The van der Waals surface area contributed by atoms with E-state index in [-0.39, 0.29) is 5.82 Å². The highest BCUT2D eigenvalue weighted by molar-refractivity contribution is 4.90. The van der Waals surface area contributed by atoms with E-state index < -0.39 is 5.60 Å². The molecule has 0 unspecified atom stereocenters. The summed E-state index contributed by atoms with van der Waals surface area (Å²) in [5.41, 5.74) is -1.24. The number of hydrogen-bond acceptors (Lipinski definition) is 3. The maximum Gasteiger partial charge on any atom is 0.213 e. The quantitative estimate of drug-likeness (QED) is 0.558. The molecule has 0 aliphatic heterocycles. The fourth-order valence-electron chi connectivity index (χ4n) is 0.436. The minimum Gasteiger partial charge on any atom is -0.343 e. The van der Waals surface area contributed by atoms with Gasteiger partial charge in [-0.25, -0.2) is 5.11 Å². The Hall–Kier alpha value is -0.900. The Morgan fingerprint density at radius 1 is 1.67 bits per heavy atom. The molecule has 0 fully saturated rings. The molecule has 1 aromatic heterocycles. The van der Waals surface area contributed by atoms with Crippen LogP contribution in [0.1, 0.15) is 19.7 Å². The molecule has 1 radical (unpaired) electrons. The summed E-state index contributed by atoms with van der Waals surface area (Å²) in [4.78, 5) is 3.60. The monoisotopic (exact) mass is 127 g/mol. The zero-order chi connectivity index (χ0) is 6.91. The molecule has 0 saturated heterocycles. The molecule has 0 N–H and O–H groups in total. The molecule has 1 heterocycles. The van der Waals surface area contributed by atoms with E-state index in [0.29, 0.717) is 0 Å². The van der Waals surface area contributed by atoms with E-state index in [4.69, 9.17) is 0 Å². The lowest BCUT2D eigenvalue weighted by Crippen LogP contribution is -2.15. The molecule has 0 spiro atoms. The van der Waals surface area contributed by atoms with Crippen molar-refractivity contribution in [3.05, 3.63) is 12.2 Å². The summed E-state index contributed by atoms with van der Waals surface area (Å²) in [6, 6.07) is 0. The van der Waals surface area contributed by atoms with E-state index in [1.807, 2.05) is 0 Å². The van der Waals surface area contributed by atoms with Gasteiger partial charge in [0.05, 0.1) is 0 Å². The van der Waals surface area contributed by atoms with E-state index in [0.717, 1.165) is 6.39 Å². The van der Waals surface area contributed by atoms with Gasteiger partial charge in [0.25, 0.3) is 0 Å². The topological polar surface area (TPSA) is 58.8 Å². The molecule has 4 heteroatoms. The van der Waals surface area contributed by atoms with Crippen molar-refractivity contribution >= 4 is 0 Å². The smallest absolute Gasteiger partial charge is 0.213 e. The predicted molar refractivity (Wildman–Crippen MR) is 28.0 cm³/mol. The van der Waals surface area contributed by atoms with Gasteiger partial charge in [-0.3, -0.25) is 0 Å². The molecule has 0 aliphatic carbocycles. The van der Waals surface area contributed by atoms with Gasteiger partial charge in [-0.05, 0) is 13.8 Å². The third-order valence-corrected chi connectivity index (χ3v) is 0.900. The summed E-state index contributed by atoms with van der Waals surface area (Å²) >= 11 is 0. The fourth-order valence-corrected chi connectivity index (χ4v) is 0.436. The fraction of sp³-hybridized carbons (Fsp3) is 0.600. The Balaban J connectivity index is 2.90. The number of aromatic nitrogens is 2. The van der Waals surface area contributed by atoms with Crippen LogP contribution in [0, 0.1) is 0 Å². The minimum atomic E-state index is -1.24. The number of nitrogens with zero attached hydrogens (tertiary/aromatic N) is 2. The van der Waals surface area contributed by atoms with Crippen molar-refractivity contribution in [3.63, 3.8) is 0 Å². The number of rotatable bonds is 1. The van der Waals surface area contributed by atoms with Crippen molar-refractivity contribution in [2.45, 2.75) is 19.4 Å². The standard InChI is InChI=1S/C5H7N2O2/c1-5(2,8)4-6-3-9-7-4/h3H,1-2H3. The van der Waals surface area contributed by atoms with Crippen LogP contribution >= 0.6 is 0 Å². The van der Waals surface area contributed by atoms with Crippen molar-refractivity contribution in [3.8, 4) is 0 Å². The maximum absolute atomic E-state index is 11.0. The Morgan fingerprint density at radius 2 is 2.33 bits per heavy atom. The molecule has 1 aromatic rings. The van der Waals surface area contributed by atoms with Crippen molar-refractivity contribution in [1.29, 1.82) is 0 Å². The second-order valence-corrected chi connectivity index (χ2v) is 2.27. The van der Waals surface area contributed by atoms with Crippen LogP contribution in [-0.2, 0) is 10.7 Å². The maximum atomic E-state index is 11.0. The van der Waals surface area contributed by atoms with Crippen LogP contribution in [0.4, 0.5) is 0 Å². The lowest BCUT2D eigenvalue weighted by atomic mass is 10.1. The Morgan fingerprint density at radius 3 is 2.56 bits per heavy atom. The third-order valence-electron chi connectivity index (χ3n) is 0.900. The minimum absolute atomic E-state index is 0.197. The van der Waals surface area contributed by atoms with Gasteiger partial charge in [-0.2, -0.15) is 4.98 Å². The van der Waals surface area contributed by atoms with Crippen LogP contribution in [0.15, 0.2) is 10.9 Å². The van der Waals surface area contributed by atoms with Gasteiger partial charge < -0.3 is 4.52 Å². The molecule has 0 saturated carbocycles. The molecule has 0 bridgehead atoms. The summed E-state index contributed by atoms with van der Waals surface area (Å²) in [6.07, 6.45) is 1.15. The first-order valence-corrected chi connectivity index (χ1v) is 2.58. The summed E-state index contributed by atoms with van der Waals surface area (Å²) in [5, 5.41) is 14.4. The number of hydrogen-bond donors (Lipinski definition) is 0. The Kier molecular flexibility index (Phi) is 1.25. The van der Waals surface area contributed by atoms with Gasteiger partial charge in [-0.15, -0.1) is 0 Å². The summed E-state index contributed by atoms with van der Waals surface area (Å²) in [6.45, 7) is 2.97. The van der Waals surface area contributed by atoms with Crippen LogP contribution in [-0.4, -0.2) is 10.1 Å². The first-order valence-electron chi connectivity index (χ1n) is 2.58.